The van der Waals surface area contributed by atoms with Crippen LogP contribution in [0.15, 0.2) is 91.0 Å². The van der Waals surface area contributed by atoms with Crippen molar-refractivity contribution in [1.82, 2.24) is 4.90 Å². The van der Waals surface area contributed by atoms with Crippen LogP contribution in [-0.4, -0.2) is 54.7 Å². The van der Waals surface area contributed by atoms with Gasteiger partial charge in [-0.2, -0.15) is 0 Å². The number of fused-ring (bicyclic) bond motifs is 3. The summed E-state index contributed by atoms with van der Waals surface area (Å²) in [6.07, 6.45) is 1.99. The van der Waals surface area contributed by atoms with Gasteiger partial charge in [0.1, 0.15) is 19.8 Å². The number of hydrogen-bond donors (Lipinski definition) is 0. The van der Waals surface area contributed by atoms with Gasteiger partial charge < -0.3 is 35.8 Å². The standard InChI is InChI=1S/C41H47N2O3.BrH/c1-5-43(6-2,29-33-24-30(3)23-31(4)25-33)20-12-11-19-42(28-32-17-18-38-39(26-32)46-22-21-45-38)41(44)40-36-15-9-7-13-34(36)27-35-14-8-10-16-37(35)40;/h7-10,13-18,23-27H,5-6,11-12,19-22,28-29H2,1-4H3;1H/q+1;/p-1. The number of carbonyl (C=O) groups excluding carboxylic acids is 1. The highest BCUT2D eigenvalue weighted by molar-refractivity contribution is 6.18. The number of halogens is 1. The Hall–Kier alpha value is -3.87. The van der Waals surface area contributed by atoms with Crippen molar-refractivity contribution in [2.75, 3.05) is 39.4 Å². The summed E-state index contributed by atoms with van der Waals surface area (Å²) in [5.41, 5.74) is 5.90. The highest BCUT2D eigenvalue weighted by Gasteiger charge is 2.26. The van der Waals surface area contributed by atoms with E-state index in [2.05, 4.69) is 87.2 Å². The fourth-order valence-electron chi connectivity index (χ4n) is 7.20. The van der Waals surface area contributed by atoms with Gasteiger partial charge in [0.05, 0.1) is 25.2 Å². The van der Waals surface area contributed by atoms with Gasteiger partial charge in [0.15, 0.2) is 11.5 Å². The molecule has 0 unspecified atom stereocenters. The number of carbonyl (C=O) groups is 1. The van der Waals surface area contributed by atoms with Crippen molar-refractivity contribution in [3.63, 3.8) is 0 Å². The number of aryl methyl sites for hydroxylation is 2. The number of ether oxygens (including phenoxy) is 2. The van der Waals surface area contributed by atoms with Gasteiger partial charge in [-0.1, -0.05) is 83.9 Å². The molecule has 1 heterocycles. The van der Waals surface area contributed by atoms with Crippen LogP contribution in [0.5, 0.6) is 11.5 Å². The molecule has 5 aromatic rings. The molecule has 1 amide bonds. The number of hydrogen-bond acceptors (Lipinski definition) is 3. The molecular formula is C41H47BrN2O3. The number of amides is 1. The van der Waals surface area contributed by atoms with E-state index in [4.69, 9.17) is 9.47 Å². The molecule has 0 saturated heterocycles. The Labute approximate surface area is 290 Å². The number of benzene rings is 5. The van der Waals surface area contributed by atoms with Gasteiger partial charge in [-0.3, -0.25) is 4.79 Å². The van der Waals surface area contributed by atoms with E-state index < -0.39 is 0 Å². The van der Waals surface area contributed by atoms with Crippen molar-refractivity contribution in [2.45, 2.75) is 53.6 Å². The molecule has 5 nitrogen and oxygen atoms in total. The molecule has 6 heteroatoms. The van der Waals surface area contributed by atoms with Gasteiger partial charge in [-0.15, -0.1) is 0 Å². The van der Waals surface area contributed by atoms with Crippen LogP contribution in [0.4, 0.5) is 0 Å². The molecule has 0 aliphatic carbocycles. The summed E-state index contributed by atoms with van der Waals surface area (Å²) < 4.78 is 12.7. The van der Waals surface area contributed by atoms with Crippen molar-refractivity contribution in [3.8, 4) is 11.5 Å². The van der Waals surface area contributed by atoms with Gasteiger partial charge in [-0.05, 0) is 85.8 Å². The number of unbranched alkanes of at least 4 members (excludes halogenated alkanes) is 1. The van der Waals surface area contributed by atoms with Crippen LogP contribution in [0.25, 0.3) is 21.5 Å². The monoisotopic (exact) mass is 694 g/mol. The molecule has 0 spiro atoms. The van der Waals surface area contributed by atoms with E-state index in [0.29, 0.717) is 26.3 Å². The largest absolute Gasteiger partial charge is 1.00 e. The maximum Gasteiger partial charge on any atom is 0.255 e. The Morgan fingerprint density at radius 2 is 1.34 bits per heavy atom. The molecule has 5 aromatic carbocycles. The van der Waals surface area contributed by atoms with Gasteiger partial charge >= 0.3 is 0 Å². The summed E-state index contributed by atoms with van der Waals surface area (Å²) in [4.78, 5) is 16.8. The first-order valence-electron chi connectivity index (χ1n) is 16.9. The van der Waals surface area contributed by atoms with Crippen molar-refractivity contribution in [2.24, 2.45) is 0 Å². The molecule has 1 aliphatic heterocycles. The van der Waals surface area contributed by atoms with E-state index in [-0.39, 0.29) is 22.9 Å². The van der Waals surface area contributed by atoms with Crippen LogP contribution in [0.2, 0.25) is 0 Å². The second kappa shape index (κ2) is 15.4. The third-order valence-corrected chi connectivity index (χ3v) is 9.70. The zero-order valence-electron chi connectivity index (χ0n) is 28.2. The first-order valence-corrected chi connectivity index (χ1v) is 16.9. The minimum absolute atomic E-state index is 0. The fourth-order valence-corrected chi connectivity index (χ4v) is 7.20. The Kier molecular flexibility index (Phi) is 11.3. The van der Waals surface area contributed by atoms with E-state index in [1.54, 1.807) is 0 Å². The molecule has 6 rings (SSSR count). The van der Waals surface area contributed by atoms with Crippen molar-refractivity contribution < 1.29 is 35.7 Å². The molecular weight excluding hydrogens is 648 g/mol. The van der Waals surface area contributed by atoms with Gasteiger partial charge in [0.2, 0.25) is 0 Å². The van der Waals surface area contributed by atoms with Crippen LogP contribution in [0.1, 0.15) is 59.3 Å². The first-order chi connectivity index (χ1) is 22.4. The van der Waals surface area contributed by atoms with E-state index in [1.807, 2.05) is 36.4 Å². The summed E-state index contributed by atoms with van der Waals surface area (Å²) in [6.45, 7) is 15.6. The van der Waals surface area contributed by atoms with E-state index in [1.165, 1.54) is 16.7 Å². The summed E-state index contributed by atoms with van der Waals surface area (Å²) in [5.74, 6) is 1.60. The summed E-state index contributed by atoms with van der Waals surface area (Å²) >= 11 is 0. The van der Waals surface area contributed by atoms with Crippen LogP contribution >= 0.6 is 0 Å². The molecule has 246 valence electrons. The highest BCUT2D eigenvalue weighted by Crippen LogP contribution is 2.33. The molecule has 0 aromatic heterocycles. The van der Waals surface area contributed by atoms with Crippen molar-refractivity contribution in [3.05, 3.63) is 119 Å². The lowest BCUT2D eigenvalue weighted by atomic mass is 9.95. The molecule has 0 saturated carbocycles. The number of nitrogens with zero attached hydrogens (tertiary/aromatic N) is 2. The number of rotatable bonds is 12. The smallest absolute Gasteiger partial charge is 0.255 e. The van der Waals surface area contributed by atoms with Gasteiger partial charge in [0.25, 0.3) is 5.91 Å². The fraction of sp³-hybridized carbons (Fsp3) is 0.341. The molecule has 0 atom stereocenters. The molecule has 0 fully saturated rings. The van der Waals surface area contributed by atoms with Gasteiger partial charge in [0, 0.05) is 18.7 Å². The maximum atomic E-state index is 14.7. The molecule has 1 aliphatic rings. The second-order valence-corrected chi connectivity index (χ2v) is 13.0. The van der Waals surface area contributed by atoms with Crippen LogP contribution in [0.3, 0.4) is 0 Å². The lowest BCUT2D eigenvalue weighted by molar-refractivity contribution is -0.938. The van der Waals surface area contributed by atoms with Gasteiger partial charge in [-0.25, -0.2) is 0 Å². The van der Waals surface area contributed by atoms with Crippen LogP contribution in [0, 0.1) is 13.8 Å². The van der Waals surface area contributed by atoms with Crippen LogP contribution < -0.4 is 26.5 Å². The molecule has 0 N–H and O–H groups in total. The lowest BCUT2D eigenvalue weighted by Gasteiger charge is -2.37. The predicted molar refractivity (Wildman–Crippen MR) is 189 cm³/mol. The second-order valence-electron chi connectivity index (χ2n) is 13.0. The Morgan fingerprint density at radius 1 is 0.723 bits per heavy atom. The lowest BCUT2D eigenvalue weighted by Crippen LogP contribution is -3.00. The minimum Gasteiger partial charge on any atom is -1.00 e. The van der Waals surface area contributed by atoms with E-state index >= 15 is 0 Å². The third-order valence-electron chi connectivity index (χ3n) is 9.70. The maximum absolute atomic E-state index is 14.7. The van der Waals surface area contributed by atoms with Crippen molar-refractivity contribution in [1.29, 1.82) is 0 Å². The normalized spacial score (nSPS) is 12.6. The quantitative estimate of drug-likeness (QED) is 0.0933. The van der Waals surface area contributed by atoms with E-state index in [0.717, 1.165) is 87.7 Å². The summed E-state index contributed by atoms with van der Waals surface area (Å²) in [7, 11) is 0. The topological polar surface area (TPSA) is 38.8 Å². The highest BCUT2D eigenvalue weighted by atomic mass is 79.9. The minimum atomic E-state index is 0. The zero-order chi connectivity index (χ0) is 32.1. The SMILES string of the molecule is CC[N+](CC)(CCCCN(Cc1ccc2c(c1)OCCO2)C(=O)c1c2ccccc2cc2ccccc12)Cc1cc(C)cc(C)c1.[Br-]. The Balaban J connectivity index is 0.00000433. The summed E-state index contributed by atoms with van der Waals surface area (Å²) in [6, 6.07) is 31.7. The van der Waals surface area contributed by atoms with Crippen LogP contribution in [-0.2, 0) is 13.1 Å². The first kappa shape index (κ1) is 34.5. The average molecular weight is 696 g/mol. The molecule has 0 radical (unpaired) electrons. The van der Waals surface area contributed by atoms with Crippen molar-refractivity contribution >= 4 is 27.5 Å². The predicted octanol–water partition coefficient (Wildman–Crippen LogP) is 5.86. The molecule has 0 bridgehead atoms. The zero-order valence-corrected chi connectivity index (χ0v) is 29.8. The summed E-state index contributed by atoms with van der Waals surface area (Å²) in [5, 5.41) is 4.17. The Morgan fingerprint density at radius 3 is 1.98 bits per heavy atom. The molecule has 47 heavy (non-hydrogen) atoms. The van der Waals surface area contributed by atoms with E-state index in [9.17, 15) is 4.79 Å². The average Bonchev–Trinajstić information content (AvgIpc) is 3.07. The third kappa shape index (κ3) is 7.82. The number of quaternary nitrogens is 1. The Bertz CT molecular complexity index is 1770.